The van der Waals surface area contributed by atoms with Gasteiger partial charge >= 0.3 is 0 Å². The van der Waals surface area contributed by atoms with Crippen LogP contribution in [-0.4, -0.2) is 12.0 Å². The van der Waals surface area contributed by atoms with Crippen molar-refractivity contribution in [3.63, 3.8) is 0 Å². The minimum Gasteiger partial charge on any atom is -0.398 e. The van der Waals surface area contributed by atoms with Crippen molar-refractivity contribution in [2.24, 2.45) is 0 Å². The number of anilines is 3. The molecule has 1 fully saturated rings. The van der Waals surface area contributed by atoms with E-state index in [1.807, 2.05) is 6.20 Å². The van der Waals surface area contributed by atoms with Gasteiger partial charge in [0, 0.05) is 18.9 Å². The van der Waals surface area contributed by atoms with Crippen LogP contribution in [0.4, 0.5) is 17.2 Å². The number of nitrogens with zero attached hydrogens (tertiary/aromatic N) is 3. The maximum absolute atomic E-state index is 6.24. The molecule has 2 heterocycles. The highest BCUT2D eigenvalue weighted by Gasteiger charge is 2.31. The Labute approximate surface area is 125 Å². The summed E-state index contributed by atoms with van der Waals surface area (Å²) in [5.74, 6) is 1.66. The van der Waals surface area contributed by atoms with Gasteiger partial charge in [-0.05, 0) is 60.6 Å². The van der Waals surface area contributed by atoms with Crippen LogP contribution in [-0.2, 0) is 6.54 Å². The molecule has 1 aromatic carbocycles. The molecule has 0 radical (unpaired) electrons. The van der Waals surface area contributed by atoms with Crippen LogP contribution in [0, 0.1) is 6.92 Å². The lowest BCUT2D eigenvalue weighted by atomic mass is 10.0. The summed E-state index contributed by atoms with van der Waals surface area (Å²) in [6, 6.07) is 8.59. The fourth-order valence-corrected chi connectivity index (χ4v) is 3.09. The molecule has 108 valence electrons. The molecule has 2 N–H and O–H groups in total. The van der Waals surface area contributed by atoms with E-state index in [2.05, 4.69) is 53.2 Å². The number of hydrogen-bond donors (Lipinski definition) is 1. The Morgan fingerprint density at radius 1 is 1.24 bits per heavy atom. The molecule has 2 aliphatic rings. The Balaban J connectivity index is 1.70. The van der Waals surface area contributed by atoms with Crippen LogP contribution in [0.15, 0.2) is 30.5 Å². The molecule has 1 aliphatic carbocycles. The molecule has 4 nitrogen and oxygen atoms in total. The molecular weight excluding hydrogens is 260 g/mol. The summed E-state index contributed by atoms with van der Waals surface area (Å²) < 4.78 is 0. The molecule has 0 saturated heterocycles. The number of hydrogen-bond acceptors (Lipinski definition) is 4. The Bertz CT molecular complexity index is 689. The zero-order chi connectivity index (χ0) is 14.6. The highest BCUT2D eigenvalue weighted by Crippen LogP contribution is 2.46. The monoisotopic (exact) mass is 280 g/mol. The Kier molecular flexibility index (Phi) is 2.61. The van der Waals surface area contributed by atoms with Crippen LogP contribution >= 0.6 is 0 Å². The van der Waals surface area contributed by atoms with Crippen molar-refractivity contribution in [3.05, 3.63) is 47.2 Å². The molecule has 0 bridgehead atoms. The molecule has 1 aliphatic heterocycles. The predicted octanol–water partition coefficient (Wildman–Crippen LogP) is 3.22. The third kappa shape index (κ3) is 2.02. The zero-order valence-corrected chi connectivity index (χ0v) is 12.5. The van der Waals surface area contributed by atoms with Crippen molar-refractivity contribution < 1.29 is 0 Å². The highest BCUT2D eigenvalue weighted by molar-refractivity contribution is 5.72. The smallest absolute Gasteiger partial charge is 0.147 e. The average Bonchev–Trinajstić information content (AvgIpc) is 3.26. The standard InChI is InChI=1S/C17H20N4/c1-11-3-6-17(19-9-11)21-10-13-7-14(12-4-5-12)15(18)8-16(13)20(21)2/h3,6-9,12H,4-5,10,18H2,1-2H3. The summed E-state index contributed by atoms with van der Waals surface area (Å²) in [7, 11) is 2.07. The number of hydrazine groups is 1. The second-order valence-electron chi connectivity index (χ2n) is 6.16. The van der Waals surface area contributed by atoms with Gasteiger partial charge in [-0.2, -0.15) is 0 Å². The second-order valence-corrected chi connectivity index (χ2v) is 6.16. The number of nitrogen functional groups attached to an aromatic ring is 1. The van der Waals surface area contributed by atoms with E-state index in [0.29, 0.717) is 5.92 Å². The number of benzene rings is 1. The number of aryl methyl sites for hydroxylation is 1. The van der Waals surface area contributed by atoms with Gasteiger partial charge in [-0.15, -0.1) is 0 Å². The molecule has 0 unspecified atom stereocenters. The van der Waals surface area contributed by atoms with Crippen molar-refractivity contribution in [2.75, 3.05) is 22.8 Å². The lowest BCUT2D eigenvalue weighted by molar-refractivity contribution is 0.823. The summed E-state index contributed by atoms with van der Waals surface area (Å²) in [4.78, 5) is 4.54. The SMILES string of the molecule is Cc1ccc(N2Cc3cc(C4CC4)c(N)cc3N2C)nc1. The van der Waals surface area contributed by atoms with Crippen molar-refractivity contribution in [1.29, 1.82) is 0 Å². The molecule has 0 amide bonds. The van der Waals surface area contributed by atoms with Gasteiger partial charge < -0.3 is 5.73 Å². The van der Waals surface area contributed by atoms with Crippen molar-refractivity contribution in [2.45, 2.75) is 32.2 Å². The minimum atomic E-state index is 0.687. The van der Waals surface area contributed by atoms with Crippen molar-refractivity contribution >= 4 is 17.2 Å². The number of nitrogens with two attached hydrogens (primary N) is 1. The maximum Gasteiger partial charge on any atom is 0.147 e. The maximum atomic E-state index is 6.24. The van der Waals surface area contributed by atoms with Gasteiger partial charge in [0.2, 0.25) is 0 Å². The first kappa shape index (κ1) is 12.5. The van der Waals surface area contributed by atoms with Gasteiger partial charge in [0.1, 0.15) is 5.82 Å². The Hall–Kier alpha value is -2.23. The Morgan fingerprint density at radius 3 is 2.71 bits per heavy atom. The molecule has 4 rings (SSSR count). The van der Waals surface area contributed by atoms with E-state index in [4.69, 9.17) is 5.73 Å². The average molecular weight is 280 g/mol. The number of pyridine rings is 1. The van der Waals surface area contributed by atoms with E-state index in [9.17, 15) is 0 Å². The molecule has 1 saturated carbocycles. The van der Waals surface area contributed by atoms with Crippen molar-refractivity contribution in [3.8, 4) is 0 Å². The normalized spacial score (nSPS) is 17.2. The predicted molar refractivity (Wildman–Crippen MR) is 86.4 cm³/mol. The summed E-state index contributed by atoms with van der Waals surface area (Å²) in [6.45, 7) is 2.92. The topological polar surface area (TPSA) is 45.4 Å². The first-order chi connectivity index (χ1) is 10.1. The van der Waals surface area contributed by atoms with Gasteiger partial charge in [0.25, 0.3) is 0 Å². The third-order valence-electron chi connectivity index (χ3n) is 4.49. The quantitative estimate of drug-likeness (QED) is 0.858. The van der Waals surface area contributed by atoms with Gasteiger partial charge in [-0.25, -0.2) is 4.98 Å². The Morgan fingerprint density at radius 2 is 2.05 bits per heavy atom. The number of fused-ring (bicyclic) bond motifs is 1. The number of aromatic nitrogens is 1. The van der Waals surface area contributed by atoms with E-state index >= 15 is 0 Å². The summed E-state index contributed by atoms with van der Waals surface area (Å²) in [5, 5.41) is 4.35. The fourth-order valence-electron chi connectivity index (χ4n) is 3.09. The minimum absolute atomic E-state index is 0.687. The van der Waals surface area contributed by atoms with Gasteiger partial charge in [0.15, 0.2) is 0 Å². The lowest BCUT2D eigenvalue weighted by Crippen LogP contribution is -2.34. The van der Waals surface area contributed by atoms with E-state index < -0.39 is 0 Å². The van der Waals surface area contributed by atoms with E-state index in [1.54, 1.807) is 0 Å². The van der Waals surface area contributed by atoms with Crippen molar-refractivity contribution in [1.82, 2.24) is 4.98 Å². The lowest BCUT2D eigenvalue weighted by Gasteiger charge is -2.27. The van der Waals surface area contributed by atoms with E-state index in [-0.39, 0.29) is 0 Å². The van der Waals surface area contributed by atoms with Gasteiger partial charge in [0.05, 0.1) is 12.2 Å². The molecule has 1 aromatic heterocycles. The molecule has 0 spiro atoms. The van der Waals surface area contributed by atoms with Crippen LogP contribution in [0.2, 0.25) is 0 Å². The summed E-state index contributed by atoms with van der Waals surface area (Å²) in [6.07, 6.45) is 4.47. The molecule has 2 aromatic rings. The zero-order valence-electron chi connectivity index (χ0n) is 12.5. The summed E-state index contributed by atoms with van der Waals surface area (Å²) in [5.41, 5.74) is 12.2. The van der Waals surface area contributed by atoms with Crippen LogP contribution in [0.1, 0.15) is 35.4 Å². The first-order valence-electron chi connectivity index (χ1n) is 7.49. The van der Waals surface area contributed by atoms with Crippen LogP contribution in [0.5, 0.6) is 0 Å². The van der Waals surface area contributed by atoms with Crippen LogP contribution in [0.25, 0.3) is 0 Å². The van der Waals surface area contributed by atoms with E-state index in [1.165, 1.54) is 35.2 Å². The van der Waals surface area contributed by atoms with E-state index in [0.717, 1.165) is 18.1 Å². The van der Waals surface area contributed by atoms with Crippen LogP contribution < -0.4 is 15.8 Å². The third-order valence-corrected chi connectivity index (χ3v) is 4.49. The summed E-state index contributed by atoms with van der Waals surface area (Å²) >= 11 is 0. The molecule has 0 atom stereocenters. The fraction of sp³-hybridized carbons (Fsp3) is 0.353. The molecule has 4 heteroatoms. The number of rotatable bonds is 2. The molecule has 21 heavy (non-hydrogen) atoms. The largest absolute Gasteiger partial charge is 0.398 e. The first-order valence-corrected chi connectivity index (χ1v) is 7.49. The van der Waals surface area contributed by atoms with Crippen LogP contribution in [0.3, 0.4) is 0 Å². The highest BCUT2D eigenvalue weighted by atomic mass is 15.6. The molecular formula is C17H20N4. The van der Waals surface area contributed by atoms with Gasteiger partial charge in [-0.3, -0.25) is 10.0 Å². The van der Waals surface area contributed by atoms with Gasteiger partial charge in [-0.1, -0.05) is 6.07 Å². The second kappa shape index (κ2) is 4.38.